The van der Waals surface area contributed by atoms with Crippen LogP contribution >= 0.6 is 0 Å². The highest BCUT2D eigenvalue weighted by Crippen LogP contribution is 2.22. The molecule has 0 radical (unpaired) electrons. The molecule has 2 aromatic carbocycles. The summed E-state index contributed by atoms with van der Waals surface area (Å²) in [5.41, 5.74) is 1.39. The van der Waals surface area contributed by atoms with E-state index in [2.05, 4.69) is 17.1 Å². The lowest BCUT2D eigenvalue weighted by molar-refractivity contribution is 0.0921. The van der Waals surface area contributed by atoms with Crippen molar-refractivity contribution in [3.63, 3.8) is 0 Å². The zero-order valence-electron chi connectivity index (χ0n) is 14.8. The molecule has 0 fully saturated rings. The van der Waals surface area contributed by atoms with Crippen molar-refractivity contribution in [1.29, 1.82) is 0 Å². The number of ketones is 1. The van der Waals surface area contributed by atoms with Crippen molar-refractivity contribution in [1.82, 2.24) is 10.2 Å². The standard InChI is InChI=1S/C20H20N2O4/c1-3-4-19-21-22-20(26-19)15-7-11-17(12-8-15)25-13-18(23)14-5-9-16(24-2)10-6-14/h5-12H,3-4,13H2,1-2H3. The van der Waals surface area contributed by atoms with Gasteiger partial charge in [0.2, 0.25) is 11.8 Å². The van der Waals surface area contributed by atoms with Gasteiger partial charge in [-0.05, 0) is 55.0 Å². The molecule has 1 aromatic heterocycles. The number of hydrogen-bond donors (Lipinski definition) is 0. The van der Waals surface area contributed by atoms with Crippen LogP contribution in [-0.4, -0.2) is 29.7 Å². The Hall–Kier alpha value is -3.15. The molecule has 26 heavy (non-hydrogen) atoms. The van der Waals surface area contributed by atoms with Crippen LogP contribution in [0.5, 0.6) is 11.5 Å². The number of ether oxygens (including phenoxy) is 2. The van der Waals surface area contributed by atoms with E-state index in [4.69, 9.17) is 13.9 Å². The van der Waals surface area contributed by atoms with Gasteiger partial charge in [-0.15, -0.1) is 10.2 Å². The Bertz CT molecular complexity index is 854. The molecule has 0 aliphatic rings. The highest BCUT2D eigenvalue weighted by Gasteiger charge is 2.10. The molecule has 1 heterocycles. The molecule has 3 aromatic rings. The third-order valence-corrected chi connectivity index (χ3v) is 3.81. The second kappa shape index (κ2) is 8.29. The van der Waals surface area contributed by atoms with E-state index in [1.807, 2.05) is 12.1 Å². The van der Waals surface area contributed by atoms with Crippen LogP contribution in [0, 0.1) is 0 Å². The highest BCUT2D eigenvalue weighted by atomic mass is 16.5. The number of benzene rings is 2. The molecule has 6 heteroatoms. The largest absolute Gasteiger partial charge is 0.497 e. The summed E-state index contributed by atoms with van der Waals surface area (Å²) < 4.78 is 16.2. The molecule has 0 bridgehead atoms. The molecule has 0 aliphatic carbocycles. The van der Waals surface area contributed by atoms with Crippen LogP contribution < -0.4 is 9.47 Å². The Kier molecular flexibility index (Phi) is 5.63. The monoisotopic (exact) mass is 352 g/mol. The van der Waals surface area contributed by atoms with E-state index in [-0.39, 0.29) is 12.4 Å². The first-order valence-electron chi connectivity index (χ1n) is 8.42. The predicted octanol–water partition coefficient (Wildman–Crippen LogP) is 3.96. The summed E-state index contributed by atoms with van der Waals surface area (Å²) in [7, 11) is 1.59. The molecular formula is C20H20N2O4. The van der Waals surface area contributed by atoms with Gasteiger partial charge < -0.3 is 13.9 Å². The summed E-state index contributed by atoms with van der Waals surface area (Å²) >= 11 is 0. The summed E-state index contributed by atoms with van der Waals surface area (Å²) in [6.07, 6.45) is 1.72. The van der Waals surface area contributed by atoms with Crippen molar-refractivity contribution in [2.45, 2.75) is 19.8 Å². The van der Waals surface area contributed by atoms with Crippen molar-refractivity contribution in [3.8, 4) is 23.0 Å². The fourth-order valence-electron chi connectivity index (χ4n) is 2.39. The van der Waals surface area contributed by atoms with Crippen LogP contribution in [0.3, 0.4) is 0 Å². The molecule has 0 saturated carbocycles. The number of hydrogen-bond acceptors (Lipinski definition) is 6. The van der Waals surface area contributed by atoms with Crippen molar-refractivity contribution < 1.29 is 18.7 Å². The van der Waals surface area contributed by atoms with E-state index in [0.717, 1.165) is 18.4 Å². The Labute approximate surface area is 151 Å². The quantitative estimate of drug-likeness (QED) is 0.571. The second-order valence-corrected chi connectivity index (χ2v) is 5.72. The van der Waals surface area contributed by atoms with Gasteiger partial charge in [-0.2, -0.15) is 0 Å². The molecule has 0 aliphatic heterocycles. The second-order valence-electron chi connectivity index (χ2n) is 5.72. The number of methoxy groups -OCH3 is 1. The summed E-state index contributed by atoms with van der Waals surface area (Å²) in [5.74, 6) is 2.32. The van der Waals surface area contributed by atoms with Gasteiger partial charge in [-0.1, -0.05) is 6.92 Å². The number of carbonyl (C=O) groups is 1. The Balaban J connectivity index is 1.59. The van der Waals surface area contributed by atoms with Crippen LogP contribution in [0.1, 0.15) is 29.6 Å². The van der Waals surface area contributed by atoms with Crippen LogP contribution in [0.15, 0.2) is 52.9 Å². The maximum absolute atomic E-state index is 12.2. The van der Waals surface area contributed by atoms with Crippen molar-refractivity contribution in [2.75, 3.05) is 13.7 Å². The SMILES string of the molecule is CCCc1nnc(-c2ccc(OCC(=O)c3ccc(OC)cc3)cc2)o1. The average Bonchev–Trinajstić information content (AvgIpc) is 3.15. The van der Waals surface area contributed by atoms with E-state index >= 15 is 0 Å². The smallest absolute Gasteiger partial charge is 0.247 e. The minimum Gasteiger partial charge on any atom is -0.497 e. The van der Waals surface area contributed by atoms with Crippen molar-refractivity contribution >= 4 is 5.78 Å². The zero-order valence-corrected chi connectivity index (χ0v) is 14.8. The molecule has 0 spiro atoms. The normalized spacial score (nSPS) is 10.5. The maximum Gasteiger partial charge on any atom is 0.247 e. The molecule has 3 rings (SSSR count). The van der Waals surface area contributed by atoms with Gasteiger partial charge in [0, 0.05) is 17.5 Å². The number of aryl methyl sites for hydroxylation is 1. The fraction of sp³-hybridized carbons (Fsp3) is 0.250. The van der Waals surface area contributed by atoms with Gasteiger partial charge in [0.1, 0.15) is 11.5 Å². The third-order valence-electron chi connectivity index (χ3n) is 3.81. The van der Waals surface area contributed by atoms with E-state index < -0.39 is 0 Å². The number of rotatable bonds is 8. The first kappa shape index (κ1) is 17.7. The summed E-state index contributed by atoms with van der Waals surface area (Å²) in [6.45, 7) is 2.02. The van der Waals surface area contributed by atoms with Crippen molar-refractivity contribution in [2.24, 2.45) is 0 Å². The molecule has 6 nitrogen and oxygen atoms in total. The van der Waals surface area contributed by atoms with Gasteiger partial charge in [0.25, 0.3) is 0 Å². The Morgan fingerprint density at radius 2 is 1.69 bits per heavy atom. The lowest BCUT2D eigenvalue weighted by Gasteiger charge is -2.06. The number of nitrogens with zero attached hydrogens (tertiary/aromatic N) is 2. The molecular weight excluding hydrogens is 332 g/mol. The van der Waals surface area contributed by atoms with Gasteiger partial charge >= 0.3 is 0 Å². The number of carbonyl (C=O) groups excluding carboxylic acids is 1. The molecule has 0 atom stereocenters. The number of aromatic nitrogens is 2. The average molecular weight is 352 g/mol. The molecule has 0 unspecified atom stereocenters. The summed E-state index contributed by atoms with van der Waals surface area (Å²) in [5, 5.41) is 8.05. The van der Waals surface area contributed by atoms with Gasteiger partial charge in [0.05, 0.1) is 7.11 Å². The molecule has 0 amide bonds. The Morgan fingerprint density at radius 3 is 2.35 bits per heavy atom. The summed E-state index contributed by atoms with van der Waals surface area (Å²) in [6, 6.07) is 14.2. The molecule has 0 saturated heterocycles. The van der Waals surface area contributed by atoms with Crippen LogP contribution in [0.4, 0.5) is 0 Å². The lowest BCUT2D eigenvalue weighted by Crippen LogP contribution is -2.11. The maximum atomic E-state index is 12.2. The summed E-state index contributed by atoms with van der Waals surface area (Å²) in [4.78, 5) is 12.2. The predicted molar refractivity (Wildman–Crippen MR) is 96.5 cm³/mol. The van der Waals surface area contributed by atoms with E-state index in [1.54, 1.807) is 43.5 Å². The third kappa shape index (κ3) is 4.27. The van der Waals surface area contributed by atoms with Crippen LogP contribution in [0.25, 0.3) is 11.5 Å². The van der Waals surface area contributed by atoms with E-state index in [9.17, 15) is 4.79 Å². The van der Waals surface area contributed by atoms with Gasteiger partial charge in [0.15, 0.2) is 12.4 Å². The minimum absolute atomic E-state index is 0.0348. The van der Waals surface area contributed by atoms with Crippen molar-refractivity contribution in [3.05, 3.63) is 60.0 Å². The topological polar surface area (TPSA) is 74.5 Å². The molecule has 0 N–H and O–H groups in total. The number of Topliss-reactive ketones (excluding diaryl/α,β-unsaturated/α-hetero) is 1. The van der Waals surface area contributed by atoms with E-state index in [0.29, 0.717) is 28.8 Å². The minimum atomic E-state index is -0.0992. The highest BCUT2D eigenvalue weighted by molar-refractivity contribution is 5.97. The Morgan fingerprint density at radius 1 is 1.00 bits per heavy atom. The first-order chi connectivity index (χ1) is 12.7. The molecule has 134 valence electrons. The fourth-order valence-corrected chi connectivity index (χ4v) is 2.39. The zero-order chi connectivity index (χ0) is 18.4. The van der Waals surface area contributed by atoms with Gasteiger partial charge in [-0.3, -0.25) is 4.79 Å². The van der Waals surface area contributed by atoms with Gasteiger partial charge in [-0.25, -0.2) is 0 Å². The first-order valence-corrected chi connectivity index (χ1v) is 8.42. The van der Waals surface area contributed by atoms with Crippen LogP contribution in [0.2, 0.25) is 0 Å². The van der Waals surface area contributed by atoms with Crippen LogP contribution in [-0.2, 0) is 6.42 Å². The lowest BCUT2D eigenvalue weighted by atomic mass is 10.1. The van der Waals surface area contributed by atoms with E-state index in [1.165, 1.54) is 0 Å².